The average molecular weight is 277 g/mol. The quantitative estimate of drug-likeness (QED) is 0.567. The number of aromatic nitrogens is 1. The monoisotopic (exact) mass is 276 g/mol. The van der Waals surface area contributed by atoms with Gasteiger partial charge in [0.05, 0.1) is 18.6 Å². The fraction of sp³-hybridized carbons (Fsp3) is 0.636. The van der Waals surface area contributed by atoms with Gasteiger partial charge >= 0.3 is 0 Å². The molecule has 1 aromatic rings. The van der Waals surface area contributed by atoms with E-state index in [1.54, 1.807) is 5.38 Å². The second kappa shape index (κ2) is 6.93. The Balaban J connectivity index is 2.49. The number of ketones is 1. The molecule has 0 atom stereocenters. The van der Waals surface area contributed by atoms with E-state index in [0.29, 0.717) is 12.3 Å². The van der Waals surface area contributed by atoms with Crippen LogP contribution < -0.4 is 4.90 Å². The highest BCUT2D eigenvalue weighted by Gasteiger charge is 2.12. The fourth-order valence-corrected chi connectivity index (χ4v) is 2.12. The van der Waals surface area contributed by atoms with Gasteiger partial charge in [-0.2, -0.15) is 0 Å². The molecule has 17 heavy (non-hydrogen) atoms. The Kier molecular flexibility index (Phi) is 5.88. The Morgan fingerprint density at radius 2 is 2.35 bits per heavy atom. The standard InChI is InChI=1S/C11H17ClN2O2S/c1-8(2)16-5-4-14(3)11-13-9(7-17-11)10(15)6-12/h7-8H,4-6H2,1-3H3. The maximum Gasteiger partial charge on any atom is 0.196 e. The molecule has 0 saturated heterocycles. The van der Waals surface area contributed by atoms with Gasteiger partial charge in [-0.1, -0.05) is 0 Å². The Hall–Kier alpha value is -0.650. The molecular formula is C11H17ClN2O2S. The van der Waals surface area contributed by atoms with E-state index in [9.17, 15) is 4.79 Å². The van der Waals surface area contributed by atoms with Crippen LogP contribution in [0.15, 0.2) is 5.38 Å². The first-order chi connectivity index (χ1) is 8.04. The Labute approximate surface area is 111 Å². The van der Waals surface area contributed by atoms with Gasteiger partial charge in [0, 0.05) is 19.0 Å². The second-order valence-electron chi connectivity index (χ2n) is 3.91. The van der Waals surface area contributed by atoms with Crippen molar-refractivity contribution in [3.63, 3.8) is 0 Å². The lowest BCUT2D eigenvalue weighted by atomic mass is 10.3. The van der Waals surface area contributed by atoms with Crippen LogP contribution in [-0.2, 0) is 4.74 Å². The third kappa shape index (κ3) is 4.61. The molecule has 4 nitrogen and oxygen atoms in total. The normalized spacial score (nSPS) is 10.9. The van der Waals surface area contributed by atoms with Gasteiger partial charge in [-0.15, -0.1) is 22.9 Å². The zero-order valence-electron chi connectivity index (χ0n) is 10.3. The van der Waals surface area contributed by atoms with Crippen LogP contribution in [0.2, 0.25) is 0 Å². The Morgan fingerprint density at radius 1 is 1.65 bits per heavy atom. The number of thiazole rings is 1. The van der Waals surface area contributed by atoms with Crippen molar-refractivity contribution in [2.24, 2.45) is 0 Å². The summed E-state index contributed by atoms with van der Waals surface area (Å²) < 4.78 is 5.46. The number of nitrogens with zero attached hydrogens (tertiary/aromatic N) is 2. The summed E-state index contributed by atoms with van der Waals surface area (Å²) in [6, 6.07) is 0. The number of halogens is 1. The van der Waals surface area contributed by atoms with Crippen molar-refractivity contribution in [2.75, 3.05) is 31.0 Å². The second-order valence-corrected chi connectivity index (χ2v) is 5.02. The highest BCUT2D eigenvalue weighted by Crippen LogP contribution is 2.19. The zero-order valence-corrected chi connectivity index (χ0v) is 11.8. The summed E-state index contributed by atoms with van der Waals surface area (Å²) >= 11 is 6.92. The first-order valence-corrected chi connectivity index (χ1v) is 6.83. The van der Waals surface area contributed by atoms with Crippen LogP contribution >= 0.6 is 22.9 Å². The first kappa shape index (κ1) is 14.4. The molecular weight excluding hydrogens is 260 g/mol. The van der Waals surface area contributed by atoms with E-state index in [0.717, 1.165) is 11.7 Å². The van der Waals surface area contributed by atoms with E-state index in [-0.39, 0.29) is 17.8 Å². The number of Topliss-reactive ketones (excluding diaryl/α,β-unsaturated/α-hetero) is 1. The van der Waals surface area contributed by atoms with Crippen molar-refractivity contribution in [3.8, 4) is 0 Å². The number of carbonyl (C=O) groups excluding carboxylic acids is 1. The SMILES string of the molecule is CC(C)OCCN(C)c1nc(C(=O)CCl)cs1. The lowest BCUT2D eigenvalue weighted by Crippen LogP contribution is -2.23. The van der Waals surface area contributed by atoms with Gasteiger partial charge in [0.15, 0.2) is 10.9 Å². The third-order valence-corrected chi connectivity index (χ3v) is 3.30. The van der Waals surface area contributed by atoms with E-state index in [2.05, 4.69) is 4.98 Å². The summed E-state index contributed by atoms with van der Waals surface area (Å²) in [7, 11) is 1.93. The largest absolute Gasteiger partial charge is 0.377 e. The average Bonchev–Trinajstić information content (AvgIpc) is 2.76. The lowest BCUT2D eigenvalue weighted by molar-refractivity contribution is 0.0846. The number of hydrogen-bond acceptors (Lipinski definition) is 5. The number of ether oxygens (including phenoxy) is 1. The van der Waals surface area contributed by atoms with Crippen LogP contribution in [0.5, 0.6) is 0 Å². The van der Waals surface area contributed by atoms with Gasteiger partial charge in [0.2, 0.25) is 0 Å². The number of rotatable bonds is 7. The van der Waals surface area contributed by atoms with Crippen LogP contribution in [0.3, 0.4) is 0 Å². The van der Waals surface area contributed by atoms with E-state index < -0.39 is 0 Å². The molecule has 0 aromatic carbocycles. The van der Waals surface area contributed by atoms with Gasteiger partial charge in [-0.05, 0) is 13.8 Å². The lowest BCUT2D eigenvalue weighted by Gasteiger charge is -2.16. The van der Waals surface area contributed by atoms with E-state index in [1.807, 2.05) is 25.8 Å². The van der Waals surface area contributed by atoms with Crippen molar-refractivity contribution in [1.82, 2.24) is 4.98 Å². The molecule has 0 N–H and O–H groups in total. The molecule has 0 saturated carbocycles. The highest BCUT2D eigenvalue weighted by atomic mass is 35.5. The third-order valence-electron chi connectivity index (χ3n) is 2.10. The summed E-state index contributed by atoms with van der Waals surface area (Å²) in [5.41, 5.74) is 0.441. The van der Waals surface area contributed by atoms with Gasteiger partial charge in [-0.25, -0.2) is 4.98 Å². The summed E-state index contributed by atoms with van der Waals surface area (Å²) in [6.07, 6.45) is 0.230. The maximum absolute atomic E-state index is 11.3. The van der Waals surface area contributed by atoms with Gasteiger partial charge in [-0.3, -0.25) is 4.79 Å². The van der Waals surface area contributed by atoms with Crippen molar-refractivity contribution >= 4 is 33.9 Å². The highest BCUT2D eigenvalue weighted by molar-refractivity contribution is 7.13. The molecule has 1 aromatic heterocycles. The minimum Gasteiger partial charge on any atom is -0.377 e. The predicted molar refractivity (Wildman–Crippen MR) is 71.5 cm³/mol. The topological polar surface area (TPSA) is 42.4 Å². The van der Waals surface area contributed by atoms with Gasteiger partial charge in [0.1, 0.15) is 5.69 Å². The van der Waals surface area contributed by atoms with Crippen LogP contribution in [0.25, 0.3) is 0 Å². The molecule has 1 heterocycles. The molecule has 0 aliphatic heterocycles. The minimum atomic E-state index is -0.138. The molecule has 0 aliphatic carbocycles. The zero-order chi connectivity index (χ0) is 12.8. The predicted octanol–water partition coefficient (Wildman–Crippen LogP) is 2.43. The summed E-state index contributed by atoms with van der Waals surface area (Å²) in [5.74, 6) is -0.162. The summed E-state index contributed by atoms with van der Waals surface area (Å²) in [4.78, 5) is 17.5. The fourth-order valence-electron chi connectivity index (χ4n) is 1.16. The number of carbonyl (C=O) groups is 1. The number of anilines is 1. The minimum absolute atomic E-state index is 0.0245. The Morgan fingerprint density at radius 3 is 2.94 bits per heavy atom. The Bertz CT molecular complexity index is 368. The van der Waals surface area contributed by atoms with Crippen LogP contribution in [0.4, 0.5) is 5.13 Å². The molecule has 0 spiro atoms. The van der Waals surface area contributed by atoms with Crippen LogP contribution in [-0.4, -0.2) is 43.0 Å². The molecule has 0 amide bonds. The molecule has 6 heteroatoms. The van der Waals surface area contributed by atoms with Crippen molar-refractivity contribution in [3.05, 3.63) is 11.1 Å². The number of alkyl halides is 1. The van der Waals surface area contributed by atoms with Crippen molar-refractivity contribution < 1.29 is 9.53 Å². The van der Waals surface area contributed by atoms with Crippen LogP contribution in [0.1, 0.15) is 24.3 Å². The molecule has 0 radical (unpaired) electrons. The molecule has 0 bridgehead atoms. The number of hydrogen-bond donors (Lipinski definition) is 0. The van der Waals surface area contributed by atoms with E-state index >= 15 is 0 Å². The van der Waals surface area contributed by atoms with E-state index in [4.69, 9.17) is 16.3 Å². The summed E-state index contributed by atoms with van der Waals surface area (Å²) in [6.45, 7) is 5.40. The first-order valence-electron chi connectivity index (χ1n) is 5.42. The van der Waals surface area contributed by atoms with Crippen LogP contribution in [0, 0.1) is 0 Å². The molecule has 0 aliphatic rings. The molecule has 0 unspecified atom stereocenters. The van der Waals surface area contributed by atoms with Crippen molar-refractivity contribution in [2.45, 2.75) is 20.0 Å². The molecule has 96 valence electrons. The van der Waals surface area contributed by atoms with Crippen molar-refractivity contribution in [1.29, 1.82) is 0 Å². The van der Waals surface area contributed by atoms with Gasteiger partial charge in [0.25, 0.3) is 0 Å². The summed E-state index contributed by atoms with van der Waals surface area (Å²) in [5, 5.41) is 2.55. The maximum atomic E-state index is 11.3. The molecule has 1 rings (SSSR count). The van der Waals surface area contributed by atoms with Gasteiger partial charge < -0.3 is 9.64 Å². The number of likely N-dealkylation sites (N-methyl/N-ethyl adjacent to an activating group) is 1. The smallest absolute Gasteiger partial charge is 0.196 e. The molecule has 0 fully saturated rings. The van der Waals surface area contributed by atoms with E-state index in [1.165, 1.54) is 11.3 Å².